The van der Waals surface area contributed by atoms with Crippen molar-refractivity contribution in [2.24, 2.45) is 10.7 Å². The molecule has 1 aromatic rings. The third-order valence-corrected chi connectivity index (χ3v) is 3.39. The number of halogens is 1. The average Bonchev–Trinajstić information content (AvgIpc) is 2.43. The Kier molecular flexibility index (Phi) is 10.4. The standard InChI is InChI=1S/C16H27N3O.HI/c1-4-12(2)19-16(17)18-11-15(10-13(3)20)14-8-6-5-7-9-14;/h5-9,12-13,15,20H,4,10-11H2,1-3H3,(H3,17,18,19);1H. The summed E-state index contributed by atoms with van der Waals surface area (Å²) in [5.41, 5.74) is 7.07. The van der Waals surface area contributed by atoms with Crippen molar-refractivity contribution in [2.45, 2.75) is 51.7 Å². The Balaban J connectivity index is 0.00000400. The minimum atomic E-state index is -0.348. The molecule has 0 aromatic heterocycles. The van der Waals surface area contributed by atoms with Crippen molar-refractivity contribution < 1.29 is 5.11 Å². The van der Waals surface area contributed by atoms with Gasteiger partial charge in [-0.05, 0) is 32.3 Å². The molecule has 3 atom stereocenters. The number of aliphatic hydroxyl groups excluding tert-OH is 1. The molecule has 4 N–H and O–H groups in total. The second-order valence-corrected chi connectivity index (χ2v) is 5.37. The minimum Gasteiger partial charge on any atom is -0.393 e. The Morgan fingerprint density at radius 2 is 1.90 bits per heavy atom. The lowest BCUT2D eigenvalue weighted by atomic mass is 9.93. The Morgan fingerprint density at radius 3 is 2.43 bits per heavy atom. The largest absolute Gasteiger partial charge is 0.393 e. The lowest BCUT2D eigenvalue weighted by Gasteiger charge is -2.18. The zero-order valence-corrected chi connectivity index (χ0v) is 15.5. The zero-order chi connectivity index (χ0) is 15.0. The molecule has 4 nitrogen and oxygen atoms in total. The summed E-state index contributed by atoms with van der Waals surface area (Å²) >= 11 is 0. The maximum absolute atomic E-state index is 9.64. The van der Waals surface area contributed by atoms with E-state index in [-0.39, 0.29) is 36.0 Å². The first-order valence-corrected chi connectivity index (χ1v) is 7.32. The lowest BCUT2D eigenvalue weighted by Crippen LogP contribution is -2.38. The number of rotatable bonds is 7. The van der Waals surface area contributed by atoms with Gasteiger partial charge < -0.3 is 16.2 Å². The van der Waals surface area contributed by atoms with Gasteiger partial charge in [-0.15, -0.1) is 24.0 Å². The van der Waals surface area contributed by atoms with Gasteiger partial charge in [-0.1, -0.05) is 37.3 Å². The van der Waals surface area contributed by atoms with E-state index >= 15 is 0 Å². The fourth-order valence-corrected chi connectivity index (χ4v) is 2.06. The highest BCUT2D eigenvalue weighted by atomic mass is 127. The van der Waals surface area contributed by atoms with Crippen molar-refractivity contribution in [3.63, 3.8) is 0 Å². The van der Waals surface area contributed by atoms with Crippen LogP contribution in [0, 0.1) is 0 Å². The molecule has 120 valence electrons. The van der Waals surface area contributed by atoms with E-state index in [4.69, 9.17) is 5.73 Å². The predicted molar refractivity (Wildman–Crippen MR) is 100 cm³/mol. The van der Waals surface area contributed by atoms with Crippen LogP contribution < -0.4 is 11.1 Å². The second kappa shape index (κ2) is 10.8. The zero-order valence-electron chi connectivity index (χ0n) is 13.1. The quantitative estimate of drug-likeness (QED) is 0.371. The number of aliphatic hydroxyl groups is 1. The number of guanidine groups is 1. The Morgan fingerprint density at radius 1 is 1.29 bits per heavy atom. The van der Waals surface area contributed by atoms with Gasteiger partial charge in [-0.3, -0.25) is 4.99 Å². The van der Waals surface area contributed by atoms with E-state index < -0.39 is 0 Å². The average molecular weight is 405 g/mol. The van der Waals surface area contributed by atoms with E-state index in [0.717, 1.165) is 6.42 Å². The first kappa shape index (κ1) is 20.2. The van der Waals surface area contributed by atoms with Gasteiger partial charge in [0.25, 0.3) is 0 Å². The van der Waals surface area contributed by atoms with Crippen LogP contribution in [0.4, 0.5) is 0 Å². The fraction of sp³-hybridized carbons (Fsp3) is 0.562. The summed E-state index contributed by atoms with van der Waals surface area (Å²) in [6.07, 6.45) is 1.34. The highest BCUT2D eigenvalue weighted by molar-refractivity contribution is 14.0. The summed E-state index contributed by atoms with van der Waals surface area (Å²) in [6, 6.07) is 10.5. The lowest BCUT2D eigenvalue weighted by molar-refractivity contribution is 0.175. The van der Waals surface area contributed by atoms with E-state index in [1.54, 1.807) is 6.92 Å². The molecule has 0 spiro atoms. The number of hydrogen-bond acceptors (Lipinski definition) is 2. The van der Waals surface area contributed by atoms with Crippen LogP contribution in [0.15, 0.2) is 35.3 Å². The van der Waals surface area contributed by atoms with Gasteiger partial charge in [0, 0.05) is 18.5 Å². The number of nitrogens with one attached hydrogen (secondary N) is 1. The van der Waals surface area contributed by atoms with Crippen LogP contribution in [-0.4, -0.2) is 29.8 Å². The maximum atomic E-state index is 9.64. The summed E-state index contributed by atoms with van der Waals surface area (Å²) in [5, 5.41) is 12.8. The van der Waals surface area contributed by atoms with Crippen molar-refractivity contribution >= 4 is 29.9 Å². The first-order valence-electron chi connectivity index (χ1n) is 7.32. The van der Waals surface area contributed by atoms with Crippen molar-refractivity contribution in [3.8, 4) is 0 Å². The first-order chi connectivity index (χ1) is 9.52. The molecule has 0 heterocycles. The fourth-order valence-electron chi connectivity index (χ4n) is 2.06. The summed E-state index contributed by atoms with van der Waals surface area (Å²) in [4.78, 5) is 4.41. The van der Waals surface area contributed by atoms with E-state index in [1.165, 1.54) is 5.56 Å². The molecule has 5 heteroatoms. The van der Waals surface area contributed by atoms with Crippen LogP contribution in [-0.2, 0) is 0 Å². The second-order valence-electron chi connectivity index (χ2n) is 5.37. The van der Waals surface area contributed by atoms with Crippen LogP contribution in [0.5, 0.6) is 0 Å². The van der Waals surface area contributed by atoms with Gasteiger partial charge in [0.2, 0.25) is 0 Å². The predicted octanol–water partition coefficient (Wildman–Crippen LogP) is 2.86. The van der Waals surface area contributed by atoms with Crippen LogP contribution in [0.2, 0.25) is 0 Å². The van der Waals surface area contributed by atoms with Gasteiger partial charge in [0.05, 0.1) is 6.10 Å². The van der Waals surface area contributed by atoms with Gasteiger partial charge in [-0.25, -0.2) is 0 Å². The maximum Gasteiger partial charge on any atom is 0.188 e. The van der Waals surface area contributed by atoms with Gasteiger partial charge in [0.1, 0.15) is 0 Å². The van der Waals surface area contributed by atoms with Crippen molar-refractivity contribution in [1.82, 2.24) is 5.32 Å². The topological polar surface area (TPSA) is 70.6 Å². The Hall–Kier alpha value is -0.820. The smallest absolute Gasteiger partial charge is 0.188 e. The van der Waals surface area contributed by atoms with Crippen LogP contribution in [0.25, 0.3) is 0 Å². The minimum absolute atomic E-state index is 0. The van der Waals surface area contributed by atoms with E-state index in [0.29, 0.717) is 25.0 Å². The van der Waals surface area contributed by atoms with E-state index in [2.05, 4.69) is 36.3 Å². The Bertz CT molecular complexity index is 409. The van der Waals surface area contributed by atoms with Crippen molar-refractivity contribution in [1.29, 1.82) is 0 Å². The van der Waals surface area contributed by atoms with Crippen LogP contribution in [0.3, 0.4) is 0 Å². The molecule has 0 aliphatic rings. The highest BCUT2D eigenvalue weighted by Crippen LogP contribution is 2.21. The molecular weight excluding hydrogens is 377 g/mol. The monoisotopic (exact) mass is 405 g/mol. The number of aliphatic imine (C=N–C) groups is 1. The normalized spacial score (nSPS) is 15.7. The molecule has 21 heavy (non-hydrogen) atoms. The number of hydrogen-bond donors (Lipinski definition) is 3. The molecule has 0 aliphatic carbocycles. The van der Waals surface area contributed by atoms with E-state index in [1.807, 2.05) is 18.2 Å². The summed E-state index contributed by atoms with van der Waals surface area (Å²) < 4.78 is 0. The third kappa shape index (κ3) is 8.26. The summed E-state index contributed by atoms with van der Waals surface area (Å²) in [5.74, 6) is 0.666. The van der Waals surface area contributed by atoms with Crippen LogP contribution in [0.1, 0.15) is 45.1 Å². The number of benzene rings is 1. The van der Waals surface area contributed by atoms with Gasteiger partial charge in [0.15, 0.2) is 5.96 Å². The van der Waals surface area contributed by atoms with E-state index in [9.17, 15) is 5.11 Å². The molecule has 0 fully saturated rings. The molecule has 0 saturated heterocycles. The van der Waals surface area contributed by atoms with Crippen molar-refractivity contribution in [2.75, 3.05) is 6.54 Å². The molecule has 0 radical (unpaired) electrons. The Labute approximate surface area is 145 Å². The molecule has 0 saturated carbocycles. The summed E-state index contributed by atoms with van der Waals surface area (Å²) in [7, 11) is 0. The van der Waals surface area contributed by atoms with Gasteiger partial charge in [-0.2, -0.15) is 0 Å². The number of nitrogens with two attached hydrogens (primary N) is 1. The van der Waals surface area contributed by atoms with Crippen LogP contribution >= 0.6 is 24.0 Å². The highest BCUT2D eigenvalue weighted by Gasteiger charge is 2.14. The molecule has 0 amide bonds. The molecule has 1 rings (SSSR count). The molecule has 3 unspecified atom stereocenters. The molecular formula is C16H28IN3O. The molecule has 1 aromatic carbocycles. The molecule has 0 aliphatic heterocycles. The summed E-state index contributed by atoms with van der Waals surface area (Å²) in [6.45, 7) is 6.57. The van der Waals surface area contributed by atoms with Crippen molar-refractivity contribution in [3.05, 3.63) is 35.9 Å². The molecule has 0 bridgehead atoms. The number of nitrogens with zero attached hydrogens (tertiary/aromatic N) is 1. The van der Waals surface area contributed by atoms with Gasteiger partial charge >= 0.3 is 0 Å². The third-order valence-electron chi connectivity index (χ3n) is 3.39. The SMILES string of the molecule is CCC(C)NC(N)=NCC(CC(C)O)c1ccccc1.I.